The number of nitrogens with one attached hydrogen (secondary N) is 1. The molecule has 0 fully saturated rings. The van der Waals surface area contributed by atoms with Crippen molar-refractivity contribution >= 4 is 11.6 Å². The molecule has 0 bridgehead atoms. The number of hydrogen-bond acceptors (Lipinski definition) is 4. The van der Waals surface area contributed by atoms with Crippen molar-refractivity contribution in [1.82, 2.24) is 14.8 Å². The first-order valence-corrected chi connectivity index (χ1v) is 6.55. The molecule has 0 saturated heterocycles. The van der Waals surface area contributed by atoms with Crippen LogP contribution >= 0.6 is 0 Å². The highest BCUT2D eigenvalue weighted by atomic mass is 16.2. The first kappa shape index (κ1) is 14.8. The molecule has 0 spiro atoms. The lowest BCUT2D eigenvalue weighted by Crippen LogP contribution is -2.23. The van der Waals surface area contributed by atoms with Gasteiger partial charge in [-0.3, -0.25) is 4.79 Å². The minimum Gasteiger partial charge on any atom is -0.395 e. The van der Waals surface area contributed by atoms with Gasteiger partial charge in [-0.25, -0.2) is 9.67 Å². The van der Waals surface area contributed by atoms with Crippen molar-refractivity contribution in [3.05, 3.63) is 42.5 Å². The topological polar surface area (TPSA) is 80.0 Å². The van der Waals surface area contributed by atoms with E-state index < -0.39 is 6.04 Å². The molecule has 2 aromatic rings. The number of aliphatic hydroxyl groups excluding tert-OH is 1. The van der Waals surface area contributed by atoms with Crippen LogP contribution in [0.4, 0.5) is 5.69 Å². The Balaban J connectivity index is 1.97. The van der Waals surface area contributed by atoms with Crippen molar-refractivity contribution in [2.45, 2.75) is 19.4 Å². The van der Waals surface area contributed by atoms with Gasteiger partial charge in [0.1, 0.15) is 18.7 Å². The standard InChI is InChI=1S/C15H16N4O2/c1-12(19-11-16-10-17-19)15(21)18-14-7-5-13(6-8-14)4-2-3-9-20/h5-8,10-12,20H,3,9H2,1H3,(H,18,21). The normalized spacial score (nSPS) is 11.3. The van der Waals surface area contributed by atoms with E-state index in [9.17, 15) is 4.79 Å². The van der Waals surface area contributed by atoms with Crippen LogP contribution in [0, 0.1) is 11.8 Å². The maximum absolute atomic E-state index is 12.1. The third-order valence-corrected chi connectivity index (χ3v) is 2.83. The number of rotatable bonds is 4. The Morgan fingerprint density at radius 3 is 2.81 bits per heavy atom. The van der Waals surface area contributed by atoms with Gasteiger partial charge in [0.15, 0.2) is 0 Å². The van der Waals surface area contributed by atoms with Crippen LogP contribution in [0.5, 0.6) is 0 Å². The van der Waals surface area contributed by atoms with Crippen molar-refractivity contribution in [2.75, 3.05) is 11.9 Å². The van der Waals surface area contributed by atoms with Gasteiger partial charge in [0.05, 0.1) is 6.61 Å². The molecule has 108 valence electrons. The monoisotopic (exact) mass is 284 g/mol. The number of amides is 1. The van der Waals surface area contributed by atoms with Crippen LogP contribution in [0.3, 0.4) is 0 Å². The van der Waals surface area contributed by atoms with Gasteiger partial charge in [-0.1, -0.05) is 11.8 Å². The summed E-state index contributed by atoms with van der Waals surface area (Å²) in [5.41, 5.74) is 1.53. The molecule has 1 unspecified atom stereocenters. The van der Waals surface area contributed by atoms with E-state index in [2.05, 4.69) is 27.2 Å². The second-order valence-electron chi connectivity index (χ2n) is 4.39. The van der Waals surface area contributed by atoms with E-state index in [1.807, 2.05) is 12.1 Å². The summed E-state index contributed by atoms with van der Waals surface area (Å²) in [4.78, 5) is 15.9. The molecule has 1 amide bonds. The van der Waals surface area contributed by atoms with Gasteiger partial charge in [0, 0.05) is 17.7 Å². The lowest BCUT2D eigenvalue weighted by atomic mass is 10.2. The molecule has 1 aromatic heterocycles. The van der Waals surface area contributed by atoms with E-state index >= 15 is 0 Å². The Bertz CT molecular complexity index is 639. The molecule has 21 heavy (non-hydrogen) atoms. The smallest absolute Gasteiger partial charge is 0.249 e. The minimum absolute atomic E-state index is 0.0569. The van der Waals surface area contributed by atoms with Crippen LogP contribution in [-0.2, 0) is 4.79 Å². The largest absolute Gasteiger partial charge is 0.395 e. The van der Waals surface area contributed by atoms with Crippen LogP contribution in [0.2, 0.25) is 0 Å². The quantitative estimate of drug-likeness (QED) is 0.827. The molecule has 2 N–H and O–H groups in total. The number of carbonyl (C=O) groups excluding carboxylic acids is 1. The molecule has 6 heteroatoms. The molecule has 2 rings (SSSR count). The molecule has 0 aliphatic rings. The predicted octanol–water partition coefficient (Wildman–Crippen LogP) is 1.21. The van der Waals surface area contributed by atoms with Crippen molar-refractivity contribution in [1.29, 1.82) is 0 Å². The van der Waals surface area contributed by atoms with Crippen molar-refractivity contribution in [3.8, 4) is 11.8 Å². The van der Waals surface area contributed by atoms with Gasteiger partial charge in [0.2, 0.25) is 5.91 Å². The average molecular weight is 284 g/mol. The first-order valence-electron chi connectivity index (χ1n) is 6.55. The minimum atomic E-state index is -0.434. The van der Waals surface area contributed by atoms with Crippen molar-refractivity contribution in [2.24, 2.45) is 0 Å². The highest BCUT2D eigenvalue weighted by Gasteiger charge is 2.15. The van der Waals surface area contributed by atoms with Gasteiger partial charge in [-0.2, -0.15) is 5.10 Å². The second kappa shape index (κ2) is 7.22. The van der Waals surface area contributed by atoms with E-state index in [0.29, 0.717) is 12.1 Å². The number of carbonyl (C=O) groups is 1. The molecule has 1 heterocycles. The summed E-state index contributed by atoms with van der Waals surface area (Å²) >= 11 is 0. The zero-order chi connectivity index (χ0) is 15.1. The Labute approximate surface area is 122 Å². The maximum Gasteiger partial charge on any atom is 0.249 e. The molecular formula is C15H16N4O2. The molecule has 1 atom stereocenters. The van der Waals surface area contributed by atoms with Crippen molar-refractivity contribution < 1.29 is 9.90 Å². The molecule has 6 nitrogen and oxygen atoms in total. The Morgan fingerprint density at radius 2 is 2.19 bits per heavy atom. The van der Waals surface area contributed by atoms with E-state index in [4.69, 9.17) is 5.11 Å². The summed E-state index contributed by atoms with van der Waals surface area (Å²) in [6, 6.07) is 6.78. The summed E-state index contributed by atoms with van der Waals surface area (Å²) in [5, 5.41) is 15.4. The number of anilines is 1. The van der Waals surface area contributed by atoms with Crippen LogP contribution < -0.4 is 5.32 Å². The summed E-state index contributed by atoms with van der Waals surface area (Å²) < 4.78 is 1.49. The Morgan fingerprint density at radius 1 is 1.43 bits per heavy atom. The van der Waals surface area contributed by atoms with Gasteiger partial charge >= 0.3 is 0 Å². The van der Waals surface area contributed by atoms with E-state index in [1.54, 1.807) is 19.1 Å². The van der Waals surface area contributed by atoms with Gasteiger partial charge < -0.3 is 10.4 Å². The third kappa shape index (κ3) is 4.16. The molecule has 1 aromatic carbocycles. The Kier molecular flexibility index (Phi) is 5.07. The second-order valence-corrected chi connectivity index (χ2v) is 4.39. The van der Waals surface area contributed by atoms with Gasteiger partial charge in [-0.15, -0.1) is 0 Å². The number of hydrogen-bond donors (Lipinski definition) is 2. The number of aromatic nitrogens is 3. The zero-order valence-corrected chi connectivity index (χ0v) is 11.7. The molecule has 0 saturated carbocycles. The lowest BCUT2D eigenvalue weighted by Gasteiger charge is -2.11. The predicted molar refractivity (Wildman–Crippen MR) is 78.4 cm³/mol. The summed E-state index contributed by atoms with van der Waals surface area (Å²) in [6.07, 6.45) is 3.35. The highest BCUT2D eigenvalue weighted by Crippen LogP contribution is 2.12. The maximum atomic E-state index is 12.1. The van der Waals surface area contributed by atoms with Crippen LogP contribution in [0.1, 0.15) is 24.9 Å². The number of benzene rings is 1. The van der Waals surface area contributed by atoms with Crippen LogP contribution in [0.15, 0.2) is 36.9 Å². The summed E-state index contributed by atoms with van der Waals surface area (Å²) in [5.74, 6) is 5.60. The lowest BCUT2D eigenvalue weighted by molar-refractivity contribution is -0.119. The average Bonchev–Trinajstić information content (AvgIpc) is 3.02. The zero-order valence-electron chi connectivity index (χ0n) is 11.7. The van der Waals surface area contributed by atoms with E-state index in [0.717, 1.165) is 5.56 Å². The van der Waals surface area contributed by atoms with Gasteiger partial charge in [-0.05, 0) is 31.2 Å². The van der Waals surface area contributed by atoms with Crippen LogP contribution in [0.25, 0.3) is 0 Å². The van der Waals surface area contributed by atoms with E-state index in [-0.39, 0.29) is 12.5 Å². The number of aliphatic hydroxyl groups is 1. The molecule has 0 aliphatic carbocycles. The fourth-order valence-electron chi connectivity index (χ4n) is 1.64. The third-order valence-electron chi connectivity index (χ3n) is 2.83. The highest BCUT2D eigenvalue weighted by molar-refractivity contribution is 5.93. The number of nitrogens with zero attached hydrogens (tertiary/aromatic N) is 3. The SMILES string of the molecule is CC(C(=O)Nc1ccc(C#CCCO)cc1)n1cncn1. The van der Waals surface area contributed by atoms with Gasteiger partial charge in [0.25, 0.3) is 0 Å². The fraction of sp³-hybridized carbons (Fsp3) is 0.267. The molecular weight excluding hydrogens is 268 g/mol. The van der Waals surface area contributed by atoms with Crippen LogP contribution in [-0.4, -0.2) is 32.4 Å². The summed E-state index contributed by atoms with van der Waals surface area (Å²) in [7, 11) is 0. The fourth-order valence-corrected chi connectivity index (χ4v) is 1.64. The summed E-state index contributed by atoms with van der Waals surface area (Å²) in [6.45, 7) is 1.81. The Hall–Kier alpha value is -2.65. The van der Waals surface area contributed by atoms with E-state index in [1.165, 1.54) is 17.3 Å². The van der Waals surface area contributed by atoms with Crippen molar-refractivity contribution in [3.63, 3.8) is 0 Å². The molecule has 0 radical (unpaired) electrons. The first-order chi connectivity index (χ1) is 10.2. The molecule has 0 aliphatic heterocycles.